The van der Waals surface area contributed by atoms with Gasteiger partial charge in [0.2, 0.25) is 12.2 Å². The average Bonchev–Trinajstić information content (AvgIpc) is 3.18. The molecule has 4 heteroatoms. The third-order valence-electron chi connectivity index (χ3n) is 3.54. The lowest BCUT2D eigenvalue weighted by molar-refractivity contribution is 0.0178. The van der Waals surface area contributed by atoms with Crippen LogP contribution in [0, 0.1) is 0 Å². The van der Waals surface area contributed by atoms with Crippen molar-refractivity contribution in [2.75, 3.05) is 0 Å². The first kappa shape index (κ1) is 13.2. The highest BCUT2D eigenvalue weighted by atomic mass is 32.1. The number of aliphatic hydroxyl groups excluding tert-OH is 1. The number of aliphatic hydroxyl groups is 1. The fourth-order valence-electron chi connectivity index (χ4n) is 2.44. The van der Waals surface area contributed by atoms with Crippen molar-refractivity contribution < 1.29 is 9.84 Å². The average molecular weight is 307 g/mol. The van der Waals surface area contributed by atoms with E-state index in [4.69, 9.17) is 4.74 Å². The minimum atomic E-state index is -1.01. The van der Waals surface area contributed by atoms with Gasteiger partial charge in [-0.15, -0.1) is 11.3 Å². The Bertz CT molecular complexity index is 881. The van der Waals surface area contributed by atoms with E-state index in [2.05, 4.69) is 11.1 Å². The number of hydrogen-bond donors (Lipinski definition) is 1. The number of fused-ring (bicyclic) bond motifs is 1. The predicted molar refractivity (Wildman–Crippen MR) is 89.9 cm³/mol. The molecule has 1 N–H and O–H groups in total. The molecule has 0 amide bonds. The van der Waals surface area contributed by atoms with Crippen LogP contribution in [0.2, 0.25) is 0 Å². The summed E-state index contributed by atoms with van der Waals surface area (Å²) < 4.78 is 5.50. The maximum absolute atomic E-state index is 10.0. The lowest BCUT2D eigenvalue weighted by Gasteiger charge is -2.06. The smallest absolute Gasteiger partial charge is 0.243 e. The summed E-state index contributed by atoms with van der Waals surface area (Å²) in [5.74, 6) is 0.459. The normalized spacial score (nSPS) is 19.4. The first-order chi connectivity index (χ1) is 10.8. The molecule has 1 unspecified atom stereocenters. The quantitative estimate of drug-likeness (QED) is 0.776. The standard InChI is InChI=1S/C18H13NO2S/c20-18-16(11-15-6-3-9-22-15)19-17(21-18)14-8-7-12-4-1-2-5-13(12)10-14/h1-11,18,20H/b16-11+. The van der Waals surface area contributed by atoms with Crippen molar-refractivity contribution in [3.8, 4) is 0 Å². The molecule has 3 aromatic rings. The van der Waals surface area contributed by atoms with Crippen LogP contribution in [0.5, 0.6) is 0 Å². The number of benzene rings is 2. The molecule has 4 rings (SSSR count). The van der Waals surface area contributed by atoms with E-state index < -0.39 is 6.29 Å². The van der Waals surface area contributed by atoms with Crippen LogP contribution in [0.15, 0.2) is 70.7 Å². The van der Waals surface area contributed by atoms with E-state index in [1.54, 1.807) is 11.3 Å². The second-order valence-electron chi connectivity index (χ2n) is 5.03. The number of aliphatic imine (C=N–C) groups is 1. The van der Waals surface area contributed by atoms with Gasteiger partial charge in [-0.1, -0.05) is 36.4 Å². The molecule has 1 aliphatic heterocycles. The molecule has 0 fully saturated rings. The molecule has 0 bridgehead atoms. The fraction of sp³-hybridized carbons (Fsp3) is 0.0556. The summed E-state index contributed by atoms with van der Waals surface area (Å²) in [6.07, 6.45) is 0.840. The van der Waals surface area contributed by atoms with Gasteiger partial charge in [0.25, 0.3) is 0 Å². The molecule has 1 aliphatic rings. The summed E-state index contributed by atoms with van der Waals surface area (Å²) in [6.45, 7) is 0. The van der Waals surface area contributed by atoms with Crippen LogP contribution in [-0.2, 0) is 4.74 Å². The van der Waals surface area contributed by atoms with Gasteiger partial charge in [-0.25, -0.2) is 4.99 Å². The van der Waals surface area contributed by atoms with Crippen LogP contribution >= 0.6 is 11.3 Å². The molecule has 3 nitrogen and oxygen atoms in total. The number of ether oxygens (including phenoxy) is 1. The van der Waals surface area contributed by atoms with E-state index in [-0.39, 0.29) is 0 Å². The maximum atomic E-state index is 10.0. The zero-order chi connectivity index (χ0) is 14.9. The van der Waals surface area contributed by atoms with Crippen LogP contribution in [0.3, 0.4) is 0 Å². The second kappa shape index (κ2) is 5.40. The summed E-state index contributed by atoms with van der Waals surface area (Å²) in [6, 6.07) is 18.1. The SMILES string of the molecule is OC1OC(c2ccc3ccccc3c2)=N/C1=C/c1cccs1. The minimum absolute atomic E-state index is 0.459. The van der Waals surface area contributed by atoms with Crippen molar-refractivity contribution in [2.24, 2.45) is 4.99 Å². The molecule has 0 saturated carbocycles. The summed E-state index contributed by atoms with van der Waals surface area (Å²) in [7, 11) is 0. The molecule has 2 heterocycles. The zero-order valence-electron chi connectivity index (χ0n) is 11.6. The first-order valence-electron chi connectivity index (χ1n) is 6.97. The van der Waals surface area contributed by atoms with Crippen LogP contribution in [-0.4, -0.2) is 17.3 Å². The molecule has 1 atom stereocenters. The van der Waals surface area contributed by atoms with Gasteiger partial charge >= 0.3 is 0 Å². The third-order valence-corrected chi connectivity index (χ3v) is 4.36. The zero-order valence-corrected chi connectivity index (χ0v) is 12.5. The Morgan fingerprint density at radius 3 is 2.73 bits per heavy atom. The summed E-state index contributed by atoms with van der Waals surface area (Å²) in [5, 5.41) is 14.3. The van der Waals surface area contributed by atoms with Crippen molar-refractivity contribution in [3.63, 3.8) is 0 Å². The van der Waals surface area contributed by atoms with Crippen molar-refractivity contribution >= 4 is 34.1 Å². The Labute approximate surface area is 131 Å². The van der Waals surface area contributed by atoms with Crippen LogP contribution in [0.25, 0.3) is 16.8 Å². The predicted octanol–water partition coefficient (Wildman–Crippen LogP) is 4.04. The lowest BCUT2D eigenvalue weighted by Crippen LogP contribution is -2.11. The highest BCUT2D eigenvalue weighted by Crippen LogP contribution is 2.25. The van der Waals surface area contributed by atoms with Crippen molar-refractivity contribution in [1.29, 1.82) is 0 Å². The van der Waals surface area contributed by atoms with Crippen LogP contribution in [0.4, 0.5) is 0 Å². The molecule has 2 aromatic carbocycles. The van der Waals surface area contributed by atoms with Gasteiger partial charge < -0.3 is 9.84 Å². The first-order valence-corrected chi connectivity index (χ1v) is 7.85. The number of hydrogen-bond acceptors (Lipinski definition) is 4. The van der Waals surface area contributed by atoms with E-state index in [9.17, 15) is 5.11 Å². The van der Waals surface area contributed by atoms with E-state index >= 15 is 0 Å². The molecule has 22 heavy (non-hydrogen) atoms. The molecular weight excluding hydrogens is 294 g/mol. The molecular formula is C18H13NO2S. The Balaban J connectivity index is 1.72. The van der Waals surface area contributed by atoms with E-state index in [0.717, 1.165) is 15.8 Å². The maximum Gasteiger partial charge on any atom is 0.243 e. The van der Waals surface area contributed by atoms with Gasteiger partial charge in [-0.2, -0.15) is 0 Å². The minimum Gasteiger partial charge on any atom is -0.441 e. The molecule has 108 valence electrons. The summed E-state index contributed by atoms with van der Waals surface area (Å²) in [4.78, 5) is 5.48. The summed E-state index contributed by atoms with van der Waals surface area (Å²) >= 11 is 1.60. The molecule has 1 aromatic heterocycles. The monoisotopic (exact) mass is 307 g/mol. The summed E-state index contributed by atoms with van der Waals surface area (Å²) in [5.41, 5.74) is 1.40. The van der Waals surface area contributed by atoms with Gasteiger partial charge in [0.1, 0.15) is 5.70 Å². The van der Waals surface area contributed by atoms with Crippen LogP contribution < -0.4 is 0 Å². The largest absolute Gasteiger partial charge is 0.441 e. The van der Waals surface area contributed by atoms with Crippen LogP contribution in [0.1, 0.15) is 10.4 Å². The third kappa shape index (κ3) is 2.43. The van der Waals surface area contributed by atoms with E-state index in [1.807, 2.05) is 60.0 Å². The Morgan fingerprint density at radius 2 is 1.91 bits per heavy atom. The molecule has 0 aliphatic carbocycles. The molecule has 0 spiro atoms. The van der Waals surface area contributed by atoms with Crippen molar-refractivity contribution in [2.45, 2.75) is 6.29 Å². The number of nitrogens with zero attached hydrogens (tertiary/aromatic N) is 1. The Kier molecular flexibility index (Phi) is 3.25. The van der Waals surface area contributed by atoms with Crippen molar-refractivity contribution in [1.82, 2.24) is 0 Å². The number of rotatable bonds is 2. The van der Waals surface area contributed by atoms with Gasteiger partial charge in [-0.05, 0) is 40.4 Å². The fourth-order valence-corrected chi connectivity index (χ4v) is 3.10. The number of thiophene rings is 1. The molecule has 0 saturated heterocycles. The van der Waals surface area contributed by atoms with Crippen molar-refractivity contribution in [3.05, 3.63) is 76.1 Å². The van der Waals surface area contributed by atoms with Gasteiger partial charge in [0, 0.05) is 10.4 Å². The lowest BCUT2D eigenvalue weighted by atomic mass is 10.1. The highest BCUT2D eigenvalue weighted by molar-refractivity contribution is 7.10. The van der Waals surface area contributed by atoms with Gasteiger partial charge in [0.15, 0.2) is 0 Å². The second-order valence-corrected chi connectivity index (χ2v) is 6.01. The van der Waals surface area contributed by atoms with Gasteiger partial charge in [-0.3, -0.25) is 0 Å². The highest BCUT2D eigenvalue weighted by Gasteiger charge is 2.24. The molecule has 0 radical (unpaired) electrons. The Hall–Kier alpha value is -2.43. The topological polar surface area (TPSA) is 41.8 Å². The Morgan fingerprint density at radius 1 is 1.05 bits per heavy atom. The van der Waals surface area contributed by atoms with Gasteiger partial charge in [0.05, 0.1) is 0 Å². The van der Waals surface area contributed by atoms with E-state index in [0.29, 0.717) is 11.6 Å². The van der Waals surface area contributed by atoms with E-state index in [1.165, 1.54) is 5.39 Å².